The Kier molecular flexibility index (Phi) is 5.38. The highest BCUT2D eigenvalue weighted by molar-refractivity contribution is 9.10. The van der Waals surface area contributed by atoms with Gasteiger partial charge in [0.05, 0.1) is 7.11 Å². The fourth-order valence-electron chi connectivity index (χ4n) is 1.44. The lowest BCUT2D eigenvalue weighted by Gasteiger charge is -2.21. The Morgan fingerprint density at radius 3 is 2.60 bits per heavy atom. The Labute approximate surface area is 125 Å². The lowest BCUT2D eigenvalue weighted by Crippen LogP contribution is -2.53. The second-order valence-corrected chi connectivity index (χ2v) is 5.61. The quantitative estimate of drug-likeness (QED) is 0.763. The number of carboxylic acid groups (broad SMARTS) is 1. The number of methoxy groups -OCH3 is 1. The third-order valence-electron chi connectivity index (χ3n) is 2.64. The maximum absolute atomic E-state index is 11.7. The zero-order valence-electron chi connectivity index (χ0n) is 11.5. The van der Waals surface area contributed by atoms with Crippen molar-refractivity contribution in [3.8, 4) is 5.75 Å². The lowest BCUT2D eigenvalue weighted by atomic mass is 10.1. The van der Waals surface area contributed by atoms with Gasteiger partial charge in [-0.2, -0.15) is 0 Å². The van der Waals surface area contributed by atoms with Gasteiger partial charge in [-0.05, 0) is 32.0 Å². The van der Waals surface area contributed by atoms with Crippen molar-refractivity contribution >= 4 is 27.9 Å². The fraction of sp³-hybridized carbons (Fsp3) is 0.385. The molecule has 1 rings (SSSR count). The van der Waals surface area contributed by atoms with Crippen molar-refractivity contribution in [2.24, 2.45) is 0 Å². The molecule has 6 nitrogen and oxygen atoms in total. The summed E-state index contributed by atoms with van der Waals surface area (Å²) in [4.78, 5) is 22.6. The number of carbonyl (C=O) groups is 2. The van der Waals surface area contributed by atoms with Crippen LogP contribution in [-0.2, 0) is 11.3 Å². The smallest absolute Gasteiger partial charge is 0.328 e. The largest absolute Gasteiger partial charge is 0.496 e. The predicted octanol–water partition coefficient (Wildman–Crippen LogP) is 2.12. The molecule has 0 aliphatic carbocycles. The molecule has 0 aliphatic heterocycles. The minimum absolute atomic E-state index is 0.226. The highest BCUT2D eigenvalue weighted by Crippen LogP contribution is 2.22. The van der Waals surface area contributed by atoms with E-state index in [1.54, 1.807) is 13.2 Å². The van der Waals surface area contributed by atoms with Crippen LogP contribution in [0.25, 0.3) is 0 Å². The van der Waals surface area contributed by atoms with E-state index >= 15 is 0 Å². The molecule has 3 N–H and O–H groups in total. The first-order chi connectivity index (χ1) is 9.26. The van der Waals surface area contributed by atoms with Gasteiger partial charge < -0.3 is 20.5 Å². The number of urea groups is 1. The van der Waals surface area contributed by atoms with Crippen LogP contribution in [0.15, 0.2) is 22.7 Å². The summed E-state index contributed by atoms with van der Waals surface area (Å²) in [5, 5.41) is 13.9. The molecular formula is C13H17BrN2O4. The fourth-order valence-corrected chi connectivity index (χ4v) is 1.85. The number of halogens is 1. The van der Waals surface area contributed by atoms with E-state index < -0.39 is 17.5 Å². The Hall–Kier alpha value is -1.76. The standard InChI is InChI=1S/C13H17BrN2O4/c1-13(2,11(17)18)16-12(19)15-7-8-6-9(14)4-5-10(8)20-3/h4-6H,7H2,1-3H3,(H,17,18)(H2,15,16,19). The van der Waals surface area contributed by atoms with E-state index in [1.807, 2.05) is 12.1 Å². The highest BCUT2D eigenvalue weighted by atomic mass is 79.9. The van der Waals surface area contributed by atoms with Crippen LogP contribution in [0.4, 0.5) is 4.79 Å². The van der Waals surface area contributed by atoms with Crippen molar-refractivity contribution in [3.05, 3.63) is 28.2 Å². The normalized spacial score (nSPS) is 10.8. The molecule has 0 unspecified atom stereocenters. The van der Waals surface area contributed by atoms with Crippen molar-refractivity contribution in [2.45, 2.75) is 25.9 Å². The molecule has 2 amide bonds. The van der Waals surface area contributed by atoms with Gasteiger partial charge in [-0.1, -0.05) is 15.9 Å². The highest BCUT2D eigenvalue weighted by Gasteiger charge is 2.28. The van der Waals surface area contributed by atoms with Crippen molar-refractivity contribution in [2.75, 3.05) is 7.11 Å². The van der Waals surface area contributed by atoms with E-state index in [0.29, 0.717) is 5.75 Å². The summed E-state index contributed by atoms with van der Waals surface area (Å²) in [6, 6.07) is 4.87. The van der Waals surface area contributed by atoms with Crippen molar-refractivity contribution in [1.82, 2.24) is 10.6 Å². The zero-order chi connectivity index (χ0) is 15.3. The molecule has 0 saturated heterocycles. The van der Waals surface area contributed by atoms with E-state index in [2.05, 4.69) is 26.6 Å². The maximum atomic E-state index is 11.7. The van der Waals surface area contributed by atoms with E-state index in [0.717, 1.165) is 10.0 Å². The Balaban J connectivity index is 2.66. The number of ether oxygens (including phenoxy) is 1. The molecule has 7 heteroatoms. The van der Waals surface area contributed by atoms with Crippen LogP contribution in [-0.4, -0.2) is 29.8 Å². The molecule has 0 aromatic heterocycles. The number of hydrogen-bond donors (Lipinski definition) is 3. The Morgan fingerprint density at radius 2 is 2.05 bits per heavy atom. The van der Waals surface area contributed by atoms with Crippen molar-refractivity contribution in [3.63, 3.8) is 0 Å². The van der Waals surface area contributed by atoms with Gasteiger partial charge in [0.2, 0.25) is 0 Å². The molecule has 0 saturated carbocycles. The van der Waals surface area contributed by atoms with Crippen LogP contribution in [0, 0.1) is 0 Å². The van der Waals surface area contributed by atoms with Crippen LogP contribution < -0.4 is 15.4 Å². The van der Waals surface area contributed by atoms with Gasteiger partial charge in [0.15, 0.2) is 0 Å². The average molecular weight is 345 g/mol. The minimum atomic E-state index is -1.33. The summed E-state index contributed by atoms with van der Waals surface area (Å²) < 4.78 is 6.05. The molecule has 0 heterocycles. The first kappa shape index (κ1) is 16.3. The van der Waals surface area contributed by atoms with E-state index in [9.17, 15) is 9.59 Å². The Morgan fingerprint density at radius 1 is 1.40 bits per heavy atom. The summed E-state index contributed by atoms with van der Waals surface area (Å²) in [6.45, 7) is 3.05. The summed E-state index contributed by atoms with van der Waals surface area (Å²) in [6.07, 6.45) is 0. The monoisotopic (exact) mass is 344 g/mol. The molecule has 0 spiro atoms. The van der Waals surface area contributed by atoms with Crippen LogP contribution >= 0.6 is 15.9 Å². The van der Waals surface area contributed by atoms with Gasteiger partial charge >= 0.3 is 12.0 Å². The number of amides is 2. The van der Waals surface area contributed by atoms with E-state index in [1.165, 1.54) is 13.8 Å². The topological polar surface area (TPSA) is 87.7 Å². The van der Waals surface area contributed by atoms with Gasteiger partial charge in [-0.3, -0.25) is 0 Å². The van der Waals surface area contributed by atoms with Gasteiger partial charge in [-0.25, -0.2) is 9.59 Å². The molecule has 0 aliphatic rings. The predicted molar refractivity (Wildman–Crippen MR) is 77.8 cm³/mol. The number of carboxylic acids is 1. The van der Waals surface area contributed by atoms with Gasteiger partial charge in [0.1, 0.15) is 11.3 Å². The molecule has 110 valence electrons. The number of hydrogen-bond acceptors (Lipinski definition) is 3. The molecule has 20 heavy (non-hydrogen) atoms. The maximum Gasteiger partial charge on any atom is 0.328 e. The number of carbonyl (C=O) groups excluding carboxylic acids is 1. The van der Waals surface area contributed by atoms with Gasteiger partial charge in [0, 0.05) is 16.6 Å². The minimum Gasteiger partial charge on any atom is -0.496 e. The lowest BCUT2D eigenvalue weighted by molar-refractivity contribution is -0.142. The third-order valence-corrected chi connectivity index (χ3v) is 3.14. The van der Waals surface area contributed by atoms with Gasteiger partial charge in [0.25, 0.3) is 0 Å². The summed E-state index contributed by atoms with van der Waals surface area (Å²) in [7, 11) is 1.54. The average Bonchev–Trinajstić information content (AvgIpc) is 2.35. The van der Waals surface area contributed by atoms with Crippen LogP contribution in [0.3, 0.4) is 0 Å². The van der Waals surface area contributed by atoms with E-state index in [4.69, 9.17) is 9.84 Å². The third kappa shape index (κ3) is 4.41. The SMILES string of the molecule is COc1ccc(Br)cc1CNC(=O)NC(C)(C)C(=O)O. The van der Waals surface area contributed by atoms with Crippen molar-refractivity contribution < 1.29 is 19.4 Å². The Bertz CT molecular complexity index is 517. The summed E-state index contributed by atoms with van der Waals surface area (Å²) >= 11 is 3.34. The molecule has 0 bridgehead atoms. The van der Waals surface area contributed by atoms with Crippen molar-refractivity contribution in [1.29, 1.82) is 0 Å². The van der Waals surface area contributed by atoms with E-state index in [-0.39, 0.29) is 6.54 Å². The molecule has 0 fully saturated rings. The van der Waals surface area contributed by atoms with Gasteiger partial charge in [-0.15, -0.1) is 0 Å². The molecule has 0 atom stereocenters. The first-order valence-corrected chi connectivity index (χ1v) is 6.67. The number of nitrogens with one attached hydrogen (secondary N) is 2. The van der Waals surface area contributed by atoms with Crippen LogP contribution in [0.1, 0.15) is 19.4 Å². The number of aliphatic carboxylic acids is 1. The number of benzene rings is 1. The first-order valence-electron chi connectivity index (χ1n) is 5.88. The summed E-state index contributed by atoms with van der Waals surface area (Å²) in [5.41, 5.74) is -0.545. The van der Waals surface area contributed by atoms with Crippen LogP contribution in [0.5, 0.6) is 5.75 Å². The molecule has 0 radical (unpaired) electrons. The zero-order valence-corrected chi connectivity index (χ0v) is 13.1. The number of rotatable bonds is 5. The van der Waals surface area contributed by atoms with Crippen LogP contribution in [0.2, 0.25) is 0 Å². The molecule has 1 aromatic rings. The molecular weight excluding hydrogens is 328 g/mol. The second-order valence-electron chi connectivity index (χ2n) is 4.69. The molecule has 1 aromatic carbocycles. The second kappa shape index (κ2) is 6.60. The summed E-state index contributed by atoms with van der Waals surface area (Å²) in [5.74, 6) is -0.460.